The van der Waals surface area contributed by atoms with E-state index in [1.165, 1.54) is 25.3 Å². The van der Waals surface area contributed by atoms with Gasteiger partial charge in [-0.25, -0.2) is 8.42 Å². The molecule has 0 fully saturated rings. The molecule has 0 saturated carbocycles. The number of ether oxygens (including phenoxy) is 1. The molecule has 1 N–H and O–H groups in total. The fourth-order valence-corrected chi connectivity index (χ4v) is 3.71. The molecule has 0 unspecified atom stereocenters. The van der Waals surface area contributed by atoms with Crippen LogP contribution >= 0.6 is 23.2 Å². The molecule has 0 heterocycles. The molecule has 0 aliphatic rings. The Morgan fingerprint density at radius 2 is 1.83 bits per heavy atom. The third-order valence-corrected chi connectivity index (χ3v) is 5.37. The Morgan fingerprint density at radius 1 is 1.12 bits per heavy atom. The van der Waals surface area contributed by atoms with Crippen molar-refractivity contribution in [1.29, 1.82) is 0 Å². The zero-order valence-corrected chi connectivity index (χ0v) is 15.1. The Hall–Kier alpha value is -1.76. The van der Waals surface area contributed by atoms with E-state index in [0.717, 1.165) is 0 Å². The highest BCUT2D eigenvalue weighted by Crippen LogP contribution is 2.27. The molecule has 0 spiro atoms. The quantitative estimate of drug-likeness (QED) is 0.817. The second-order valence-corrected chi connectivity index (χ2v) is 7.90. The molecule has 2 aromatic carbocycles. The van der Waals surface area contributed by atoms with E-state index in [4.69, 9.17) is 27.9 Å². The van der Waals surface area contributed by atoms with Gasteiger partial charge in [-0.15, -0.1) is 0 Å². The minimum atomic E-state index is -3.60. The van der Waals surface area contributed by atoms with Crippen LogP contribution in [0.5, 0.6) is 5.75 Å². The van der Waals surface area contributed by atoms with Gasteiger partial charge in [-0.2, -0.15) is 0 Å². The number of amides is 1. The van der Waals surface area contributed by atoms with E-state index in [2.05, 4.69) is 5.32 Å². The summed E-state index contributed by atoms with van der Waals surface area (Å²) >= 11 is 11.7. The number of anilines is 1. The topological polar surface area (TPSA) is 72.5 Å². The fourth-order valence-electron chi connectivity index (χ4n) is 2.00. The van der Waals surface area contributed by atoms with Gasteiger partial charge in [-0.05, 0) is 36.4 Å². The molecular formula is C16H15Cl2NO4S. The summed E-state index contributed by atoms with van der Waals surface area (Å²) < 4.78 is 29.6. The summed E-state index contributed by atoms with van der Waals surface area (Å²) in [6, 6.07) is 10.7. The van der Waals surface area contributed by atoms with Crippen molar-refractivity contribution < 1.29 is 17.9 Å². The van der Waals surface area contributed by atoms with Crippen LogP contribution in [0.25, 0.3) is 0 Å². The number of hydrogen-bond acceptors (Lipinski definition) is 4. The third-order valence-electron chi connectivity index (χ3n) is 3.19. The first-order chi connectivity index (χ1) is 11.3. The summed E-state index contributed by atoms with van der Waals surface area (Å²) in [5, 5.41) is 3.35. The highest BCUT2D eigenvalue weighted by molar-refractivity contribution is 7.91. The molecule has 0 atom stereocenters. The Morgan fingerprint density at radius 3 is 2.50 bits per heavy atom. The zero-order chi connectivity index (χ0) is 17.7. The summed E-state index contributed by atoms with van der Waals surface area (Å²) in [6.45, 7) is 0. The normalized spacial score (nSPS) is 11.1. The Bertz CT molecular complexity index is 853. The number of nitrogens with one attached hydrogen (secondary N) is 1. The molecule has 0 aliphatic heterocycles. The standard InChI is InChI=1S/C16H15Cl2NO4S/c1-23-15-6-5-12(18)10-14(15)19-16(20)7-8-24(21,22)13-4-2-3-11(17)9-13/h2-6,9-10H,7-8H2,1H3,(H,19,20). The van der Waals surface area contributed by atoms with Gasteiger partial charge in [0, 0.05) is 16.5 Å². The van der Waals surface area contributed by atoms with Gasteiger partial charge in [0.05, 0.1) is 23.4 Å². The number of hydrogen-bond donors (Lipinski definition) is 1. The van der Waals surface area contributed by atoms with Crippen LogP contribution in [0, 0.1) is 0 Å². The molecule has 0 aromatic heterocycles. The van der Waals surface area contributed by atoms with Crippen molar-refractivity contribution in [3.63, 3.8) is 0 Å². The van der Waals surface area contributed by atoms with Crippen LogP contribution in [-0.4, -0.2) is 27.2 Å². The first-order valence-corrected chi connectivity index (χ1v) is 9.34. The molecule has 2 rings (SSSR count). The number of methoxy groups -OCH3 is 1. The minimum absolute atomic E-state index is 0.0862. The van der Waals surface area contributed by atoms with Gasteiger partial charge < -0.3 is 10.1 Å². The molecule has 0 aliphatic carbocycles. The van der Waals surface area contributed by atoms with Crippen LogP contribution in [0.1, 0.15) is 6.42 Å². The second kappa shape index (κ2) is 7.88. The number of carbonyl (C=O) groups is 1. The van der Waals surface area contributed by atoms with Crippen molar-refractivity contribution >= 4 is 44.6 Å². The van der Waals surface area contributed by atoms with E-state index in [1.54, 1.807) is 24.3 Å². The van der Waals surface area contributed by atoms with Crippen molar-refractivity contribution in [2.45, 2.75) is 11.3 Å². The smallest absolute Gasteiger partial charge is 0.225 e. The first-order valence-electron chi connectivity index (χ1n) is 6.93. The SMILES string of the molecule is COc1ccc(Cl)cc1NC(=O)CCS(=O)(=O)c1cccc(Cl)c1. The molecule has 0 saturated heterocycles. The Kier molecular flexibility index (Phi) is 6.10. The highest BCUT2D eigenvalue weighted by Gasteiger charge is 2.17. The van der Waals surface area contributed by atoms with E-state index in [0.29, 0.717) is 21.5 Å². The van der Waals surface area contributed by atoms with E-state index in [1.807, 2.05) is 0 Å². The van der Waals surface area contributed by atoms with Crippen molar-refractivity contribution in [2.24, 2.45) is 0 Å². The number of rotatable bonds is 6. The van der Waals surface area contributed by atoms with Crippen LogP contribution in [0.2, 0.25) is 10.0 Å². The first kappa shape index (κ1) is 18.6. The van der Waals surface area contributed by atoms with Gasteiger partial charge in [-0.1, -0.05) is 29.3 Å². The molecule has 1 amide bonds. The number of benzene rings is 2. The van der Waals surface area contributed by atoms with E-state index >= 15 is 0 Å². The lowest BCUT2D eigenvalue weighted by Gasteiger charge is -2.11. The van der Waals surface area contributed by atoms with Gasteiger partial charge in [0.15, 0.2) is 9.84 Å². The summed E-state index contributed by atoms with van der Waals surface area (Å²) in [4.78, 5) is 12.1. The summed E-state index contributed by atoms with van der Waals surface area (Å²) in [5.74, 6) is -0.353. The molecule has 2 aromatic rings. The number of halogens is 2. The monoisotopic (exact) mass is 387 g/mol. The molecule has 128 valence electrons. The molecule has 24 heavy (non-hydrogen) atoms. The van der Waals surface area contributed by atoms with Gasteiger partial charge in [-0.3, -0.25) is 4.79 Å². The Balaban J connectivity index is 2.04. The average Bonchev–Trinajstić information content (AvgIpc) is 2.53. The predicted octanol–water partition coefficient (Wildman–Crippen LogP) is 3.80. The fraction of sp³-hybridized carbons (Fsp3) is 0.188. The summed E-state index contributed by atoms with van der Waals surface area (Å²) in [7, 11) is -2.14. The third kappa shape index (κ3) is 4.87. The highest BCUT2D eigenvalue weighted by atomic mass is 35.5. The summed E-state index contributed by atoms with van der Waals surface area (Å²) in [5.41, 5.74) is 0.384. The van der Waals surface area contributed by atoms with Crippen LogP contribution in [0.3, 0.4) is 0 Å². The lowest BCUT2D eigenvalue weighted by atomic mass is 10.3. The van der Waals surface area contributed by atoms with Gasteiger partial charge in [0.1, 0.15) is 5.75 Å². The zero-order valence-electron chi connectivity index (χ0n) is 12.8. The molecule has 5 nitrogen and oxygen atoms in total. The maximum Gasteiger partial charge on any atom is 0.225 e. The maximum absolute atomic E-state index is 12.2. The van der Waals surface area contributed by atoms with Gasteiger partial charge in [0.25, 0.3) is 0 Å². The largest absolute Gasteiger partial charge is 0.495 e. The van der Waals surface area contributed by atoms with Gasteiger partial charge in [0.2, 0.25) is 5.91 Å². The minimum Gasteiger partial charge on any atom is -0.495 e. The second-order valence-electron chi connectivity index (χ2n) is 4.92. The van der Waals surface area contributed by atoms with E-state index < -0.39 is 15.7 Å². The Labute approximate surface area is 150 Å². The van der Waals surface area contributed by atoms with E-state index in [9.17, 15) is 13.2 Å². The van der Waals surface area contributed by atoms with Crippen molar-refractivity contribution in [2.75, 3.05) is 18.2 Å². The number of carbonyl (C=O) groups excluding carboxylic acids is 1. The lowest BCUT2D eigenvalue weighted by Crippen LogP contribution is -2.17. The van der Waals surface area contributed by atoms with Crippen molar-refractivity contribution in [3.05, 3.63) is 52.5 Å². The van der Waals surface area contributed by atoms with Gasteiger partial charge >= 0.3 is 0 Å². The predicted molar refractivity (Wildman–Crippen MR) is 94.8 cm³/mol. The van der Waals surface area contributed by atoms with Crippen LogP contribution in [0.4, 0.5) is 5.69 Å². The van der Waals surface area contributed by atoms with Crippen LogP contribution in [0.15, 0.2) is 47.4 Å². The molecule has 8 heteroatoms. The van der Waals surface area contributed by atoms with Crippen molar-refractivity contribution in [1.82, 2.24) is 0 Å². The maximum atomic E-state index is 12.2. The van der Waals surface area contributed by atoms with E-state index in [-0.39, 0.29) is 17.1 Å². The summed E-state index contributed by atoms with van der Waals surface area (Å²) in [6.07, 6.45) is -0.204. The average molecular weight is 388 g/mol. The lowest BCUT2D eigenvalue weighted by molar-refractivity contribution is -0.115. The molecule has 0 bridgehead atoms. The van der Waals surface area contributed by atoms with Crippen LogP contribution < -0.4 is 10.1 Å². The number of sulfone groups is 1. The molecule has 0 radical (unpaired) electrons. The van der Waals surface area contributed by atoms with Crippen LogP contribution in [-0.2, 0) is 14.6 Å². The molecular weight excluding hydrogens is 373 g/mol. The van der Waals surface area contributed by atoms with Crippen molar-refractivity contribution in [3.8, 4) is 5.75 Å².